The number of aromatic nitrogens is 1. The molecule has 2 rings (SSSR count). The molecule has 18 heavy (non-hydrogen) atoms. The van der Waals surface area contributed by atoms with Gasteiger partial charge in [-0.1, -0.05) is 28.1 Å². The van der Waals surface area contributed by atoms with E-state index in [9.17, 15) is 4.79 Å². The number of hydrogen-bond donors (Lipinski definition) is 1. The van der Waals surface area contributed by atoms with Gasteiger partial charge in [0.05, 0.1) is 12.6 Å². The number of rotatable bonds is 3. The van der Waals surface area contributed by atoms with Gasteiger partial charge in [0.1, 0.15) is 6.04 Å². The van der Waals surface area contributed by atoms with Crippen LogP contribution in [-0.2, 0) is 16.0 Å². The van der Waals surface area contributed by atoms with E-state index in [-0.39, 0.29) is 0 Å². The third kappa shape index (κ3) is 2.52. The summed E-state index contributed by atoms with van der Waals surface area (Å²) in [7, 11) is 1.33. The molecule has 0 saturated carbocycles. The Bertz CT molecular complexity index is 586. The second-order valence-electron chi connectivity index (χ2n) is 3.94. The van der Waals surface area contributed by atoms with E-state index in [1.165, 1.54) is 7.11 Å². The smallest absolute Gasteiger partial charge is 0.322 e. The maximum Gasteiger partial charge on any atom is 0.322 e. The second kappa shape index (κ2) is 5.46. The first-order valence-corrected chi connectivity index (χ1v) is 6.28. The van der Waals surface area contributed by atoms with Crippen molar-refractivity contribution in [3.05, 3.63) is 40.5 Å². The Morgan fingerprint density at radius 3 is 3.00 bits per heavy atom. The summed E-state index contributed by atoms with van der Waals surface area (Å²) < 4.78 is 5.60. The van der Waals surface area contributed by atoms with E-state index in [0.717, 1.165) is 20.9 Å². The van der Waals surface area contributed by atoms with Crippen LogP contribution >= 0.6 is 15.9 Å². The lowest BCUT2D eigenvalue weighted by atomic mass is 10.0. The summed E-state index contributed by atoms with van der Waals surface area (Å²) in [6, 6.07) is 7.03. The molecule has 0 amide bonds. The standard InChI is InChI=1S/C13H13BrN2O2/c1-18-13(17)11(15)7-8-4-5-10(14)9-3-2-6-16-12(8)9/h2-6,11H,7,15H2,1H3. The fourth-order valence-corrected chi connectivity index (χ4v) is 2.28. The van der Waals surface area contributed by atoms with Crippen LogP contribution in [0, 0.1) is 0 Å². The molecular formula is C13H13BrN2O2. The third-order valence-electron chi connectivity index (χ3n) is 2.74. The number of halogens is 1. The summed E-state index contributed by atoms with van der Waals surface area (Å²) in [4.78, 5) is 15.7. The molecule has 0 radical (unpaired) electrons. The zero-order valence-electron chi connectivity index (χ0n) is 9.89. The second-order valence-corrected chi connectivity index (χ2v) is 4.79. The molecule has 5 heteroatoms. The Balaban J connectivity index is 2.40. The van der Waals surface area contributed by atoms with E-state index < -0.39 is 12.0 Å². The van der Waals surface area contributed by atoms with Crippen molar-refractivity contribution < 1.29 is 9.53 Å². The van der Waals surface area contributed by atoms with Crippen LogP contribution in [0.15, 0.2) is 34.9 Å². The number of fused-ring (bicyclic) bond motifs is 1. The van der Waals surface area contributed by atoms with Crippen LogP contribution in [0.4, 0.5) is 0 Å². The van der Waals surface area contributed by atoms with Gasteiger partial charge in [0.2, 0.25) is 0 Å². The van der Waals surface area contributed by atoms with E-state index >= 15 is 0 Å². The van der Waals surface area contributed by atoms with Crippen molar-refractivity contribution in [1.29, 1.82) is 0 Å². The van der Waals surface area contributed by atoms with Gasteiger partial charge in [0, 0.05) is 22.5 Å². The van der Waals surface area contributed by atoms with E-state index in [4.69, 9.17) is 5.73 Å². The largest absolute Gasteiger partial charge is 0.468 e. The molecule has 1 aromatic carbocycles. The number of esters is 1. The average molecular weight is 309 g/mol. The van der Waals surface area contributed by atoms with Crippen LogP contribution in [0.25, 0.3) is 10.9 Å². The van der Waals surface area contributed by atoms with Gasteiger partial charge in [-0.25, -0.2) is 0 Å². The number of ether oxygens (including phenoxy) is 1. The number of nitrogens with zero attached hydrogens (tertiary/aromatic N) is 1. The molecule has 1 aromatic heterocycles. The lowest BCUT2D eigenvalue weighted by Gasteiger charge is -2.11. The van der Waals surface area contributed by atoms with E-state index in [1.807, 2.05) is 24.3 Å². The molecule has 2 aromatic rings. The zero-order chi connectivity index (χ0) is 13.1. The number of carbonyl (C=O) groups excluding carboxylic acids is 1. The molecule has 0 fully saturated rings. The fourth-order valence-electron chi connectivity index (χ4n) is 1.83. The predicted molar refractivity (Wildman–Crippen MR) is 73.1 cm³/mol. The van der Waals surface area contributed by atoms with Crippen molar-refractivity contribution in [2.45, 2.75) is 12.5 Å². The van der Waals surface area contributed by atoms with Crippen molar-refractivity contribution in [2.75, 3.05) is 7.11 Å². The van der Waals surface area contributed by atoms with E-state index in [2.05, 4.69) is 25.7 Å². The lowest BCUT2D eigenvalue weighted by Crippen LogP contribution is -2.33. The summed E-state index contributed by atoms with van der Waals surface area (Å²) in [6.45, 7) is 0. The molecule has 1 atom stereocenters. The van der Waals surface area contributed by atoms with Gasteiger partial charge < -0.3 is 10.5 Å². The highest BCUT2D eigenvalue weighted by molar-refractivity contribution is 9.10. The van der Waals surface area contributed by atoms with Gasteiger partial charge in [-0.2, -0.15) is 0 Å². The molecule has 0 saturated heterocycles. The molecule has 0 bridgehead atoms. The van der Waals surface area contributed by atoms with E-state index in [1.54, 1.807) is 6.20 Å². The maximum absolute atomic E-state index is 11.3. The van der Waals surface area contributed by atoms with Crippen molar-refractivity contribution in [2.24, 2.45) is 5.73 Å². The highest BCUT2D eigenvalue weighted by Crippen LogP contribution is 2.25. The number of hydrogen-bond acceptors (Lipinski definition) is 4. The molecule has 94 valence electrons. The van der Waals surface area contributed by atoms with Crippen LogP contribution in [0.3, 0.4) is 0 Å². The monoisotopic (exact) mass is 308 g/mol. The minimum atomic E-state index is -0.665. The van der Waals surface area contributed by atoms with Crippen molar-refractivity contribution >= 4 is 32.8 Å². The van der Waals surface area contributed by atoms with Gasteiger partial charge in [-0.3, -0.25) is 9.78 Å². The Labute approximate surface area is 113 Å². The Hall–Kier alpha value is -1.46. The summed E-state index contributed by atoms with van der Waals surface area (Å²) in [5, 5.41) is 1.01. The minimum Gasteiger partial charge on any atom is -0.468 e. The lowest BCUT2D eigenvalue weighted by molar-refractivity contribution is -0.142. The molecule has 1 heterocycles. The molecule has 2 N–H and O–H groups in total. The van der Waals surface area contributed by atoms with Crippen LogP contribution in [0.2, 0.25) is 0 Å². The number of benzene rings is 1. The normalized spacial score (nSPS) is 12.4. The van der Waals surface area contributed by atoms with Crippen LogP contribution in [0.5, 0.6) is 0 Å². The average Bonchev–Trinajstić information content (AvgIpc) is 2.41. The number of carbonyl (C=O) groups is 1. The van der Waals surface area contributed by atoms with Gasteiger partial charge in [0.25, 0.3) is 0 Å². The summed E-state index contributed by atoms with van der Waals surface area (Å²) in [6.07, 6.45) is 2.13. The molecule has 0 aliphatic rings. The number of nitrogens with two attached hydrogens (primary N) is 1. The highest BCUT2D eigenvalue weighted by Gasteiger charge is 2.16. The minimum absolute atomic E-state index is 0.410. The van der Waals surface area contributed by atoms with Gasteiger partial charge >= 0.3 is 5.97 Å². The first-order chi connectivity index (χ1) is 8.63. The molecule has 0 spiro atoms. The number of pyridine rings is 1. The fraction of sp³-hybridized carbons (Fsp3) is 0.231. The topological polar surface area (TPSA) is 65.2 Å². The van der Waals surface area contributed by atoms with E-state index in [0.29, 0.717) is 6.42 Å². The predicted octanol–water partition coefficient (Wildman–Crippen LogP) is 2.04. The summed E-state index contributed by atoms with van der Waals surface area (Å²) in [5.41, 5.74) is 7.56. The number of methoxy groups -OCH3 is 1. The Morgan fingerprint density at radius 2 is 2.28 bits per heavy atom. The summed E-state index contributed by atoms with van der Waals surface area (Å²) in [5.74, 6) is -0.415. The SMILES string of the molecule is COC(=O)C(N)Cc1ccc(Br)c2cccnc12. The molecule has 0 aliphatic heterocycles. The van der Waals surface area contributed by atoms with Gasteiger partial charge in [-0.15, -0.1) is 0 Å². The van der Waals surface area contributed by atoms with Crippen molar-refractivity contribution in [3.63, 3.8) is 0 Å². The van der Waals surface area contributed by atoms with Crippen LogP contribution in [0.1, 0.15) is 5.56 Å². The Kier molecular flexibility index (Phi) is 3.93. The molecule has 1 unspecified atom stereocenters. The quantitative estimate of drug-likeness (QED) is 0.881. The third-order valence-corrected chi connectivity index (χ3v) is 3.44. The van der Waals surface area contributed by atoms with Crippen LogP contribution < -0.4 is 5.73 Å². The Morgan fingerprint density at radius 1 is 1.50 bits per heavy atom. The summed E-state index contributed by atoms with van der Waals surface area (Å²) >= 11 is 3.48. The first kappa shape index (κ1) is 13.0. The molecular weight excluding hydrogens is 296 g/mol. The molecule has 4 nitrogen and oxygen atoms in total. The zero-order valence-corrected chi connectivity index (χ0v) is 11.5. The van der Waals surface area contributed by atoms with Gasteiger partial charge in [-0.05, 0) is 17.7 Å². The maximum atomic E-state index is 11.3. The van der Waals surface area contributed by atoms with Gasteiger partial charge in [0.15, 0.2) is 0 Å². The first-order valence-electron chi connectivity index (χ1n) is 5.49. The van der Waals surface area contributed by atoms with Crippen LogP contribution in [-0.4, -0.2) is 24.1 Å². The van der Waals surface area contributed by atoms with Crippen molar-refractivity contribution in [3.8, 4) is 0 Å². The molecule has 0 aliphatic carbocycles. The highest BCUT2D eigenvalue weighted by atomic mass is 79.9. The van der Waals surface area contributed by atoms with Crippen molar-refractivity contribution in [1.82, 2.24) is 4.98 Å².